The number of hydrogen-bond acceptors (Lipinski definition) is 3. The lowest BCUT2D eigenvalue weighted by atomic mass is 10.1. The van der Waals surface area contributed by atoms with E-state index >= 15 is 0 Å². The number of benzene rings is 1. The first-order chi connectivity index (χ1) is 8.11. The van der Waals surface area contributed by atoms with Crippen LogP contribution >= 0.6 is 15.9 Å². The average molecular weight is 299 g/mol. The van der Waals surface area contributed by atoms with Gasteiger partial charge in [-0.1, -0.05) is 22.0 Å². The monoisotopic (exact) mass is 298 g/mol. The van der Waals surface area contributed by atoms with E-state index in [1.54, 1.807) is 7.11 Å². The maximum atomic E-state index is 5.90. The first kappa shape index (κ1) is 12.9. The summed E-state index contributed by atoms with van der Waals surface area (Å²) in [6.07, 6.45) is 1.46. The number of anilines is 1. The van der Waals surface area contributed by atoms with E-state index in [-0.39, 0.29) is 6.04 Å². The van der Waals surface area contributed by atoms with Crippen molar-refractivity contribution in [3.05, 3.63) is 28.2 Å². The summed E-state index contributed by atoms with van der Waals surface area (Å²) in [5.41, 5.74) is 8.28. The molecular weight excluding hydrogens is 280 g/mol. The zero-order valence-corrected chi connectivity index (χ0v) is 11.9. The Morgan fingerprint density at radius 3 is 2.82 bits per heavy atom. The molecule has 0 aromatic heterocycles. The number of methoxy groups -OCH3 is 1. The molecule has 0 bridgehead atoms. The van der Waals surface area contributed by atoms with Gasteiger partial charge in [0.25, 0.3) is 0 Å². The summed E-state index contributed by atoms with van der Waals surface area (Å²) < 4.78 is 6.47. The third-order valence-electron chi connectivity index (χ3n) is 3.32. The van der Waals surface area contributed by atoms with Crippen molar-refractivity contribution in [1.29, 1.82) is 0 Å². The van der Waals surface area contributed by atoms with Crippen molar-refractivity contribution in [2.75, 3.05) is 25.1 Å². The minimum atomic E-state index is 0.0590. The molecule has 1 aromatic carbocycles. The smallest absolute Gasteiger partial charge is 0.0762 e. The highest BCUT2D eigenvalue weighted by molar-refractivity contribution is 9.10. The minimum Gasteiger partial charge on any atom is -0.380 e. The molecule has 2 atom stereocenters. The number of nitrogens with two attached hydrogens (primary N) is 1. The average Bonchev–Trinajstić information content (AvgIpc) is 2.76. The zero-order chi connectivity index (χ0) is 12.4. The fraction of sp³-hybridized carbons (Fsp3) is 0.538. The van der Waals surface area contributed by atoms with Gasteiger partial charge in [-0.05, 0) is 31.0 Å². The SMILES string of the molecule is COC1CCN(c2ccc([C@H](C)N)c(Br)c2)C1. The number of hydrogen-bond donors (Lipinski definition) is 1. The summed E-state index contributed by atoms with van der Waals surface area (Å²) in [6, 6.07) is 6.45. The van der Waals surface area contributed by atoms with Crippen molar-refractivity contribution in [1.82, 2.24) is 0 Å². The maximum absolute atomic E-state index is 5.90. The highest BCUT2D eigenvalue weighted by atomic mass is 79.9. The summed E-state index contributed by atoms with van der Waals surface area (Å²) >= 11 is 3.59. The molecule has 0 amide bonds. The van der Waals surface area contributed by atoms with Crippen molar-refractivity contribution in [3.8, 4) is 0 Å². The molecule has 0 aliphatic carbocycles. The highest BCUT2D eigenvalue weighted by Crippen LogP contribution is 2.29. The molecule has 2 rings (SSSR count). The maximum Gasteiger partial charge on any atom is 0.0762 e. The van der Waals surface area contributed by atoms with E-state index in [2.05, 4.69) is 39.0 Å². The van der Waals surface area contributed by atoms with Crippen molar-refractivity contribution >= 4 is 21.6 Å². The third-order valence-corrected chi connectivity index (χ3v) is 4.00. The normalized spacial score (nSPS) is 21.9. The Morgan fingerprint density at radius 2 is 2.29 bits per heavy atom. The van der Waals surface area contributed by atoms with E-state index in [0.29, 0.717) is 6.10 Å². The third kappa shape index (κ3) is 2.81. The van der Waals surface area contributed by atoms with Gasteiger partial charge < -0.3 is 15.4 Å². The van der Waals surface area contributed by atoms with Crippen LogP contribution in [0.2, 0.25) is 0 Å². The second kappa shape index (κ2) is 5.38. The number of halogens is 1. The highest BCUT2D eigenvalue weighted by Gasteiger charge is 2.22. The Bertz CT molecular complexity index is 395. The van der Waals surface area contributed by atoms with Gasteiger partial charge in [-0.25, -0.2) is 0 Å². The van der Waals surface area contributed by atoms with E-state index in [4.69, 9.17) is 10.5 Å². The Labute approximate surface area is 111 Å². The molecule has 0 spiro atoms. The summed E-state index contributed by atoms with van der Waals surface area (Å²) in [5, 5.41) is 0. The van der Waals surface area contributed by atoms with E-state index < -0.39 is 0 Å². The Kier molecular flexibility index (Phi) is 4.07. The number of ether oxygens (including phenoxy) is 1. The lowest BCUT2D eigenvalue weighted by molar-refractivity contribution is 0.121. The van der Waals surface area contributed by atoms with Crippen LogP contribution in [-0.2, 0) is 4.74 Å². The molecule has 94 valence electrons. The fourth-order valence-corrected chi connectivity index (χ4v) is 2.96. The topological polar surface area (TPSA) is 38.5 Å². The summed E-state index contributed by atoms with van der Waals surface area (Å²) in [5.74, 6) is 0. The largest absolute Gasteiger partial charge is 0.380 e. The predicted molar refractivity (Wildman–Crippen MR) is 74.4 cm³/mol. The first-order valence-corrected chi connectivity index (χ1v) is 6.74. The molecule has 4 heteroatoms. The van der Waals surface area contributed by atoms with Crippen molar-refractivity contribution in [2.45, 2.75) is 25.5 Å². The van der Waals surface area contributed by atoms with Gasteiger partial charge in [0.2, 0.25) is 0 Å². The van der Waals surface area contributed by atoms with E-state index in [9.17, 15) is 0 Å². The van der Waals surface area contributed by atoms with Crippen LogP contribution in [0, 0.1) is 0 Å². The Morgan fingerprint density at radius 1 is 1.53 bits per heavy atom. The first-order valence-electron chi connectivity index (χ1n) is 5.94. The van der Waals surface area contributed by atoms with Gasteiger partial charge in [0.1, 0.15) is 0 Å². The lowest BCUT2D eigenvalue weighted by Gasteiger charge is -2.20. The van der Waals surface area contributed by atoms with Crippen LogP contribution in [0.5, 0.6) is 0 Å². The van der Waals surface area contributed by atoms with Crippen molar-refractivity contribution in [2.24, 2.45) is 5.73 Å². The van der Waals surface area contributed by atoms with Gasteiger partial charge in [0, 0.05) is 36.4 Å². The van der Waals surface area contributed by atoms with Gasteiger partial charge in [0.05, 0.1) is 6.10 Å². The molecular formula is C13H19BrN2O. The lowest BCUT2D eigenvalue weighted by Crippen LogP contribution is -2.22. The summed E-state index contributed by atoms with van der Waals surface area (Å²) in [7, 11) is 1.78. The molecule has 0 saturated carbocycles. The molecule has 2 N–H and O–H groups in total. The Hall–Kier alpha value is -0.580. The Balaban J connectivity index is 2.15. The minimum absolute atomic E-state index is 0.0590. The van der Waals surface area contributed by atoms with Crippen molar-refractivity contribution in [3.63, 3.8) is 0 Å². The van der Waals surface area contributed by atoms with Crippen LogP contribution < -0.4 is 10.6 Å². The second-order valence-corrected chi connectivity index (χ2v) is 5.44. The quantitative estimate of drug-likeness (QED) is 0.932. The summed E-state index contributed by atoms with van der Waals surface area (Å²) in [4.78, 5) is 2.35. The van der Waals surface area contributed by atoms with Gasteiger partial charge in [-0.2, -0.15) is 0 Å². The fourth-order valence-electron chi connectivity index (χ4n) is 2.24. The van der Waals surface area contributed by atoms with Gasteiger partial charge in [0.15, 0.2) is 0 Å². The van der Waals surface area contributed by atoms with Crippen LogP contribution in [0.3, 0.4) is 0 Å². The zero-order valence-electron chi connectivity index (χ0n) is 10.3. The standard InChI is InChI=1S/C13H19BrN2O/c1-9(15)12-4-3-10(7-13(12)14)16-6-5-11(8-16)17-2/h3-4,7,9,11H,5-6,8,15H2,1-2H3/t9-,11?/m0/s1. The van der Waals surface area contributed by atoms with Crippen LogP contribution in [0.25, 0.3) is 0 Å². The van der Waals surface area contributed by atoms with Gasteiger partial charge in [-0.3, -0.25) is 0 Å². The molecule has 1 heterocycles. The number of rotatable bonds is 3. The van der Waals surface area contributed by atoms with Crippen LogP contribution in [0.15, 0.2) is 22.7 Å². The molecule has 1 saturated heterocycles. The molecule has 1 aromatic rings. The molecule has 17 heavy (non-hydrogen) atoms. The van der Waals surface area contributed by atoms with Crippen LogP contribution in [0.4, 0.5) is 5.69 Å². The van der Waals surface area contributed by atoms with Crippen molar-refractivity contribution < 1.29 is 4.74 Å². The van der Waals surface area contributed by atoms with Gasteiger partial charge in [-0.15, -0.1) is 0 Å². The van der Waals surface area contributed by atoms with Crippen LogP contribution in [0.1, 0.15) is 24.9 Å². The van der Waals surface area contributed by atoms with E-state index in [1.165, 1.54) is 5.69 Å². The molecule has 1 aliphatic heterocycles. The van der Waals surface area contributed by atoms with E-state index in [0.717, 1.165) is 29.5 Å². The molecule has 1 aliphatic rings. The summed E-state index contributed by atoms with van der Waals surface area (Å²) in [6.45, 7) is 4.03. The van der Waals surface area contributed by atoms with Crippen LogP contribution in [-0.4, -0.2) is 26.3 Å². The molecule has 1 fully saturated rings. The van der Waals surface area contributed by atoms with E-state index in [1.807, 2.05) is 6.92 Å². The molecule has 1 unspecified atom stereocenters. The van der Waals surface area contributed by atoms with Gasteiger partial charge >= 0.3 is 0 Å². The predicted octanol–water partition coefficient (Wildman–Crippen LogP) is 2.69. The number of nitrogens with zero attached hydrogens (tertiary/aromatic N) is 1. The molecule has 0 radical (unpaired) electrons. The second-order valence-electron chi connectivity index (χ2n) is 4.59. The molecule has 3 nitrogen and oxygen atoms in total.